The van der Waals surface area contributed by atoms with E-state index in [4.69, 9.17) is 16.9 Å². The van der Waals surface area contributed by atoms with Gasteiger partial charge in [0, 0.05) is 6.20 Å². The number of nitriles is 1. The van der Waals surface area contributed by atoms with Crippen molar-refractivity contribution in [2.75, 3.05) is 5.75 Å². The SMILES string of the molecule is CCSC(=NCc1ccc(Cl)nc1)NC#N. The van der Waals surface area contributed by atoms with Gasteiger partial charge in [-0.3, -0.25) is 10.3 Å². The van der Waals surface area contributed by atoms with E-state index in [1.165, 1.54) is 11.8 Å². The lowest BCUT2D eigenvalue weighted by molar-refractivity contribution is 1.04. The molecular formula is C10H11ClN4S. The van der Waals surface area contributed by atoms with E-state index in [9.17, 15) is 0 Å². The lowest BCUT2D eigenvalue weighted by Gasteiger charge is -2.01. The molecule has 1 rings (SSSR count). The number of nitrogens with one attached hydrogen (secondary N) is 1. The highest BCUT2D eigenvalue weighted by Crippen LogP contribution is 2.08. The van der Waals surface area contributed by atoms with E-state index < -0.39 is 0 Å². The first-order valence-corrected chi connectivity index (χ1v) is 6.05. The topological polar surface area (TPSA) is 61.1 Å². The van der Waals surface area contributed by atoms with Gasteiger partial charge in [-0.25, -0.2) is 4.98 Å². The van der Waals surface area contributed by atoms with Gasteiger partial charge in [-0.15, -0.1) is 0 Å². The van der Waals surface area contributed by atoms with E-state index >= 15 is 0 Å². The van der Waals surface area contributed by atoms with Crippen molar-refractivity contribution in [1.82, 2.24) is 10.3 Å². The average Bonchev–Trinajstić information content (AvgIpc) is 2.29. The van der Waals surface area contributed by atoms with Crippen LogP contribution in [-0.4, -0.2) is 15.9 Å². The Hall–Kier alpha value is -1.25. The molecule has 4 nitrogen and oxygen atoms in total. The predicted molar refractivity (Wildman–Crippen MR) is 67.3 cm³/mol. The number of thioether (sulfide) groups is 1. The molecule has 0 radical (unpaired) electrons. The fraction of sp³-hybridized carbons (Fsp3) is 0.300. The van der Waals surface area contributed by atoms with Crippen LogP contribution in [0, 0.1) is 11.5 Å². The minimum Gasteiger partial charge on any atom is -0.272 e. The first-order chi connectivity index (χ1) is 7.76. The zero-order valence-electron chi connectivity index (χ0n) is 8.77. The molecule has 0 aromatic carbocycles. The standard InChI is InChI=1S/C10H11ClN4S/c1-2-16-10(15-7-12)14-6-8-3-4-9(11)13-5-8/h3-5H,2,6H2,1H3,(H,14,15). The molecule has 0 aliphatic heterocycles. The zero-order chi connectivity index (χ0) is 11.8. The number of pyridine rings is 1. The van der Waals surface area contributed by atoms with Gasteiger partial charge in [-0.1, -0.05) is 36.4 Å². The number of halogens is 1. The predicted octanol–water partition coefficient (Wildman–Crippen LogP) is 2.41. The molecule has 6 heteroatoms. The average molecular weight is 255 g/mol. The molecule has 0 saturated carbocycles. The molecule has 1 aromatic rings. The van der Waals surface area contributed by atoms with Crippen molar-refractivity contribution in [3.63, 3.8) is 0 Å². The Kier molecular flexibility index (Phi) is 5.68. The second-order valence-corrected chi connectivity index (χ2v) is 4.42. The second kappa shape index (κ2) is 7.09. The van der Waals surface area contributed by atoms with Crippen molar-refractivity contribution in [3.05, 3.63) is 29.0 Å². The fourth-order valence-corrected chi connectivity index (χ4v) is 1.63. The summed E-state index contributed by atoms with van der Waals surface area (Å²) in [6.45, 7) is 2.49. The molecule has 0 saturated heterocycles. The van der Waals surface area contributed by atoms with Gasteiger partial charge >= 0.3 is 0 Å². The van der Waals surface area contributed by atoms with Gasteiger partial charge in [0.25, 0.3) is 0 Å². The summed E-state index contributed by atoms with van der Waals surface area (Å²) < 4.78 is 0. The molecular weight excluding hydrogens is 244 g/mol. The summed E-state index contributed by atoms with van der Waals surface area (Å²) in [6, 6.07) is 3.58. The van der Waals surface area contributed by atoms with Gasteiger partial charge in [-0.2, -0.15) is 5.26 Å². The van der Waals surface area contributed by atoms with Crippen molar-refractivity contribution in [1.29, 1.82) is 5.26 Å². The molecule has 1 aromatic heterocycles. The van der Waals surface area contributed by atoms with Crippen LogP contribution in [0.5, 0.6) is 0 Å². The van der Waals surface area contributed by atoms with Crippen molar-refractivity contribution in [3.8, 4) is 6.19 Å². The van der Waals surface area contributed by atoms with Crippen LogP contribution >= 0.6 is 23.4 Å². The van der Waals surface area contributed by atoms with Crippen molar-refractivity contribution < 1.29 is 0 Å². The van der Waals surface area contributed by atoms with E-state index in [1.54, 1.807) is 12.3 Å². The van der Waals surface area contributed by atoms with Gasteiger partial charge in [0.15, 0.2) is 11.4 Å². The third kappa shape index (κ3) is 4.51. The third-order valence-electron chi connectivity index (χ3n) is 1.64. The number of hydrogen-bond acceptors (Lipinski definition) is 4. The highest BCUT2D eigenvalue weighted by atomic mass is 35.5. The fourth-order valence-electron chi connectivity index (χ4n) is 0.969. The van der Waals surface area contributed by atoms with Crippen LogP contribution in [0.4, 0.5) is 0 Å². The molecule has 0 aliphatic carbocycles. The van der Waals surface area contributed by atoms with Gasteiger partial charge in [0.05, 0.1) is 6.54 Å². The van der Waals surface area contributed by atoms with E-state index in [-0.39, 0.29) is 0 Å². The lowest BCUT2D eigenvalue weighted by atomic mass is 10.3. The van der Waals surface area contributed by atoms with Crippen LogP contribution in [-0.2, 0) is 6.54 Å². The Labute approximate surface area is 104 Å². The van der Waals surface area contributed by atoms with E-state index in [0.29, 0.717) is 16.9 Å². The molecule has 84 valence electrons. The summed E-state index contributed by atoms with van der Waals surface area (Å²) in [7, 11) is 0. The normalized spacial score (nSPS) is 10.9. The first kappa shape index (κ1) is 12.8. The van der Waals surface area contributed by atoms with Crippen LogP contribution in [0.2, 0.25) is 5.15 Å². The van der Waals surface area contributed by atoms with Crippen LogP contribution < -0.4 is 5.32 Å². The maximum atomic E-state index is 8.51. The van der Waals surface area contributed by atoms with Crippen molar-refractivity contribution >= 4 is 28.5 Å². The van der Waals surface area contributed by atoms with E-state index in [2.05, 4.69) is 15.3 Å². The Bertz CT molecular complexity index is 396. The summed E-state index contributed by atoms with van der Waals surface area (Å²) in [5.74, 6) is 0.867. The summed E-state index contributed by atoms with van der Waals surface area (Å²) >= 11 is 7.16. The highest BCUT2D eigenvalue weighted by Gasteiger charge is 1.98. The van der Waals surface area contributed by atoms with Gasteiger partial charge in [-0.05, 0) is 17.4 Å². The highest BCUT2D eigenvalue weighted by molar-refractivity contribution is 8.13. The van der Waals surface area contributed by atoms with Gasteiger partial charge < -0.3 is 0 Å². The lowest BCUT2D eigenvalue weighted by Crippen LogP contribution is -2.14. The Morgan fingerprint density at radius 2 is 2.50 bits per heavy atom. The van der Waals surface area contributed by atoms with Crippen LogP contribution in [0.15, 0.2) is 23.3 Å². The summed E-state index contributed by atoms with van der Waals surface area (Å²) in [5.41, 5.74) is 0.957. The molecule has 0 atom stereocenters. The molecule has 0 unspecified atom stereocenters. The maximum Gasteiger partial charge on any atom is 0.183 e. The molecule has 0 amide bonds. The van der Waals surface area contributed by atoms with Crippen LogP contribution in [0.25, 0.3) is 0 Å². The minimum atomic E-state index is 0.464. The molecule has 0 aliphatic rings. The smallest absolute Gasteiger partial charge is 0.183 e. The molecule has 0 spiro atoms. The summed E-state index contributed by atoms with van der Waals surface area (Å²) in [5, 5.41) is 12.1. The number of amidine groups is 1. The Morgan fingerprint density at radius 3 is 3.06 bits per heavy atom. The first-order valence-electron chi connectivity index (χ1n) is 4.69. The van der Waals surface area contributed by atoms with Crippen LogP contribution in [0.1, 0.15) is 12.5 Å². The van der Waals surface area contributed by atoms with Gasteiger partial charge in [0.2, 0.25) is 0 Å². The molecule has 0 bridgehead atoms. The number of aromatic nitrogens is 1. The summed E-state index contributed by atoms with van der Waals surface area (Å²) in [4.78, 5) is 8.22. The Balaban J connectivity index is 2.62. The minimum absolute atomic E-state index is 0.464. The third-order valence-corrected chi connectivity index (χ3v) is 2.65. The maximum absolute atomic E-state index is 8.51. The number of aliphatic imine (C=N–C) groups is 1. The van der Waals surface area contributed by atoms with Crippen molar-refractivity contribution in [2.45, 2.75) is 13.5 Å². The largest absolute Gasteiger partial charge is 0.272 e. The number of nitrogens with zero attached hydrogens (tertiary/aromatic N) is 3. The number of hydrogen-bond donors (Lipinski definition) is 1. The Morgan fingerprint density at radius 1 is 1.69 bits per heavy atom. The zero-order valence-corrected chi connectivity index (χ0v) is 10.3. The second-order valence-electron chi connectivity index (χ2n) is 2.78. The van der Waals surface area contributed by atoms with Crippen molar-refractivity contribution in [2.24, 2.45) is 4.99 Å². The number of rotatable bonds is 3. The quantitative estimate of drug-likeness (QED) is 0.296. The summed E-state index contributed by atoms with van der Waals surface area (Å²) in [6.07, 6.45) is 3.53. The van der Waals surface area contributed by atoms with Crippen LogP contribution in [0.3, 0.4) is 0 Å². The molecule has 1 N–H and O–H groups in total. The van der Waals surface area contributed by atoms with E-state index in [1.807, 2.05) is 19.2 Å². The molecule has 0 fully saturated rings. The molecule has 1 heterocycles. The van der Waals surface area contributed by atoms with Gasteiger partial charge in [0.1, 0.15) is 5.15 Å². The van der Waals surface area contributed by atoms with E-state index in [0.717, 1.165) is 11.3 Å². The monoisotopic (exact) mass is 254 g/mol. The molecule has 16 heavy (non-hydrogen) atoms.